The first-order valence-electron chi connectivity index (χ1n) is 7.82. The fourth-order valence-electron chi connectivity index (χ4n) is 2.90. The van der Waals surface area contributed by atoms with Crippen molar-refractivity contribution in [2.45, 2.75) is 58.8 Å². The number of halogens is 1. The normalized spacial score (nSPS) is 12.7. The molecule has 0 unspecified atom stereocenters. The quantitative estimate of drug-likeness (QED) is 0.783. The van der Waals surface area contributed by atoms with Gasteiger partial charge in [0.05, 0.1) is 5.69 Å². The average Bonchev–Trinajstić information content (AvgIpc) is 2.69. The van der Waals surface area contributed by atoms with Crippen LogP contribution in [0.2, 0.25) is 0 Å². The highest BCUT2D eigenvalue weighted by atomic mass is 19.1. The van der Waals surface area contributed by atoms with Crippen molar-refractivity contribution in [3.63, 3.8) is 0 Å². The molecule has 2 rings (SSSR count). The maximum absolute atomic E-state index is 14.0. The number of aryl methyl sites for hydroxylation is 1. The summed E-state index contributed by atoms with van der Waals surface area (Å²) in [5.74, 6) is -0.152. The Morgan fingerprint density at radius 2 is 1.59 bits per heavy atom. The van der Waals surface area contributed by atoms with Gasteiger partial charge in [-0.3, -0.25) is 4.68 Å². The Hall–Kier alpha value is -1.64. The monoisotopic (exact) mass is 302 g/mol. The molecule has 2 aromatic rings. The van der Waals surface area contributed by atoms with Crippen molar-refractivity contribution >= 4 is 0 Å². The standard InChI is InChI=1S/C19H27FN2/c1-18(2,3)16-15(12-13-10-8-9-11-14(13)20)22(7)21-17(16)19(4,5)6/h8-11H,12H2,1-7H3. The summed E-state index contributed by atoms with van der Waals surface area (Å²) in [5.41, 5.74) is 4.10. The van der Waals surface area contributed by atoms with Gasteiger partial charge >= 0.3 is 0 Å². The van der Waals surface area contributed by atoms with E-state index in [1.807, 2.05) is 23.9 Å². The lowest BCUT2D eigenvalue weighted by molar-refractivity contribution is 0.516. The largest absolute Gasteiger partial charge is 0.272 e. The third-order valence-electron chi connectivity index (χ3n) is 3.94. The predicted molar refractivity (Wildman–Crippen MR) is 89.8 cm³/mol. The molecule has 0 saturated heterocycles. The molecule has 0 saturated carbocycles. The Balaban J connectivity index is 2.61. The molecule has 120 valence electrons. The van der Waals surface area contributed by atoms with Gasteiger partial charge in [-0.1, -0.05) is 59.7 Å². The molecule has 3 heteroatoms. The summed E-state index contributed by atoms with van der Waals surface area (Å²) in [6.45, 7) is 13.1. The van der Waals surface area contributed by atoms with E-state index in [1.54, 1.807) is 6.07 Å². The zero-order valence-electron chi connectivity index (χ0n) is 14.8. The van der Waals surface area contributed by atoms with Crippen LogP contribution in [0.1, 0.15) is 64.1 Å². The molecule has 22 heavy (non-hydrogen) atoms. The van der Waals surface area contributed by atoms with Crippen LogP contribution in [0, 0.1) is 5.82 Å². The summed E-state index contributed by atoms with van der Waals surface area (Å²) in [6.07, 6.45) is 0.568. The molecule has 0 aliphatic rings. The Labute approximate surface area is 133 Å². The number of benzene rings is 1. The summed E-state index contributed by atoms with van der Waals surface area (Å²) < 4.78 is 16.0. The highest BCUT2D eigenvalue weighted by Gasteiger charge is 2.32. The highest BCUT2D eigenvalue weighted by molar-refractivity contribution is 5.39. The van der Waals surface area contributed by atoms with E-state index in [0.29, 0.717) is 6.42 Å². The molecule has 0 radical (unpaired) electrons. The van der Waals surface area contributed by atoms with Gasteiger partial charge in [-0.15, -0.1) is 0 Å². The molecule has 0 fully saturated rings. The van der Waals surface area contributed by atoms with Gasteiger partial charge in [0.1, 0.15) is 5.82 Å². The van der Waals surface area contributed by atoms with Crippen LogP contribution in [0.4, 0.5) is 4.39 Å². The molecule has 0 atom stereocenters. The van der Waals surface area contributed by atoms with E-state index >= 15 is 0 Å². The second kappa shape index (κ2) is 5.53. The van der Waals surface area contributed by atoms with Gasteiger partial charge in [-0.05, 0) is 17.0 Å². The summed E-state index contributed by atoms with van der Waals surface area (Å²) in [6, 6.07) is 6.99. The molecule has 0 spiro atoms. The van der Waals surface area contributed by atoms with E-state index in [1.165, 1.54) is 11.6 Å². The van der Waals surface area contributed by atoms with E-state index in [2.05, 4.69) is 41.5 Å². The second-order valence-corrected chi connectivity index (χ2v) is 8.06. The summed E-state index contributed by atoms with van der Waals surface area (Å²) in [4.78, 5) is 0. The van der Waals surface area contributed by atoms with Crippen molar-refractivity contribution in [2.75, 3.05) is 0 Å². The van der Waals surface area contributed by atoms with Crippen molar-refractivity contribution in [1.29, 1.82) is 0 Å². The van der Waals surface area contributed by atoms with E-state index < -0.39 is 0 Å². The lowest BCUT2D eigenvalue weighted by Gasteiger charge is -2.26. The van der Waals surface area contributed by atoms with Gasteiger partial charge in [-0.25, -0.2) is 4.39 Å². The SMILES string of the molecule is Cn1nc(C(C)(C)C)c(C(C)(C)C)c1Cc1ccccc1F. The molecule has 0 aliphatic carbocycles. The molecule has 0 N–H and O–H groups in total. The fourth-order valence-corrected chi connectivity index (χ4v) is 2.90. The second-order valence-electron chi connectivity index (χ2n) is 8.06. The Bertz CT molecular complexity index is 670. The van der Waals surface area contributed by atoms with Crippen LogP contribution in [0.3, 0.4) is 0 Å². The summed E-state index contributed by atoms with van der Waals surface area (Å²) in [5, 5.41) is 4.77. The van der Waals surface area contributed by atoms with Crippen molar-refractivity contribution in [3.05, 3.63) is 52.6 Å². The fraction of sp³-hybridized carbons (Fsp3) is 0.526. The van der Waals surface area contributed by atoms with E-state index in [0.717, 1.165) is 17.0 Å². The molecule has 1 aromatic carbocycles. The van der Waals surface area contributed by atoms with E-state index in [-0.39, 0.29) is 16.6 Å². The van der Waals surface area contributed by atoms with E-state index in [9.17, 15) is 4.39 Å². The van der Waals surface area contributed by atoms with Crippen molar-refractivity contribution in [2.24, 2.45) is 7.05 Å². The minimum atomic E-state index is -0.152. The van der Waals surface area contributed by atoms with Gasteiger partial charge < -0.3 is 0 Å². The van der Waals surface area contributed by atoms with Crippen molar-refractivity contribution in [1.82, 2.24) is 9.78 Å². The zero-order chi connectivity index (χ0) is 16.7. The summed E-state index contributed by atoms with van der Waals surface area (Å²) in [7, 11) is 1.96. The Kier molecular flexibility index (Phi) is 4.20. The van der Waals surface area contributed by atoms with Crippen LogP contribution in [0.25, 0.3) is 0 Å². The highest BCUT2D eigenvalue weighted by Crippen LogP contribution is 2.36. The maximum Gasteiger partial charge on any atom is 0.126 e. The topological polar surface area (TPSA) is 17.8 Å². The number of rotatable bonds is 2. The van der Waals surface area contributed by atoms with Crippen LogP contribution in [-0.4, -0.2) is 9.78 Å². The maximum atomic E-state index is 14.0. The van der Waals surface area contributed by atoms with Crippen LogP contribution >= 0.6 is 0 Å². The number of aromatic nitrogens is 2. The van der Waals surface area contributed by atoms with Gasteiger partial charge in [0.15, 0.2) is 0 Å². The van der Waals surface area contributed by atoms with Crippen LogP contribution in [-0.2, 0) is 24.3 Å². The first kappa shape index (κ1) is 16.7. The lowest BCUT2D eigenvalue weighted by atomic mass is 9.77. The van der Waals surface area contributed by atoms with Crippen molar-refractivity contribution < 1.29 is 4.39 Å². The first-order valence-corrected chi connectivity index (χ1v) is 7.82. The molecule has 2 nitrogen and oxygen atoms in total. The number of hydrogen-bond acceptors (Lipinski definition) is 1. The predicted octanol–water partition coefficient (Wildman–Crippen LogP) is 4.75. The van der Waals surface area contributed by atoms with Gasteiger partial charge in [0, 0.05) is 30.1 Å². The zero-order valence-corrected chi connectivity index (χ0v) is 14.8. The molecule has 0 bridgehead atoms. The minimum Gasteiger partial charge on any atom is -0.272 e. The molecule has 1 heterocycles. The molecular weight excluding hydrogens is 275 g/mol. The number of nitrogens with zero attached hydrogens (tertiary/aromatic N) is 2. The van der Waals surface area contributed by atoms with Crippen LogP contribution in [0.15, 0.2) is 24.3 Å². The smallest absolute Gasteiger partial charge is 0.126 e. The molecule has 0 aliphatic heterocycles. The Morgan fingerprint density at radius 3 is 2.09 bits per heavy atom. The van der Waals surface area contributed by atoms with Gasteiger partial charge in [-0.2, -0.15) is 5.10 Å². The van der Waals surface area contributed by atoms with Gasteiger partial charge in [0.25, 0.3) is 0 Å². The first-order chi connectivity index (χ1) is 10.0. The average molecular weight is 302 g/mol. The van der Waals surface area contributed by atoms with Crippen molar-refractivity contribution in [3.8, 4) is 0 Å². The lowest BCUT2D eigenvalue weighted by Crippen LogP contribution is -2.22. The number of hydrogen-bond donors (Lipinski definition) is 0. The Morgan fingerprint density at radius 1 is 1.00 bits per heavy atom. The van der Waals surface area contributed by atoms with Crippen LogP contribution < -0.4 is 0 Å². The third kappa shape index (κ3) is 3.23. The molecule has 0 amide bonds. The summed E-state index contributed by atoms with van der Waals surface area (Å²) >= 11 is 0. The minimum absolute atomic E-state index is 0.0303. The molecular formula is C19H27FN2. The third-order valence-corrected chi connectivity index (χ3v) is 3.94. The van der Waals surface area contributed by atoms with Gasteiger partial charge in [0.2, 0.25) is 0 Å². The molecule has 1 aromatic heterocycles. The van der Waals surface area contributed by atoms with E-state index in [4.69, 9.17) is 5.10 Å². The van der Waals surface area contributed by atoms with Crippen LogP contribution in [0.5, 0.6) is 0 Å².